The molecule has 28 heavy (non-hydrogen) atoms. The highest BCUT2D eigenvalue weighted by atomic mass is 16.2. The lowest BCUT2D eigenvalue weighted by atomic mass is 9.95. The summed E-state index contributed by atoms with van der Waals surface area (Å²) in [7, 11) is 1.84. The number of rotatable bonds is 3. The Labute approximate surface area is 162 Å². The molecule has 1 aliphatic carbocycles. The van der Waals surface area contributed by atoms with E-state index in [0.717, 1.165) is 34.9 Å². The quantitative estimate of drug-likeness (QED) is 0.759. The van der Waals surface area contributed by atoms with Crippen molar-refractivity contribution in [2.24, 2.45) is 7.05 Å². The van der Waals surface area contributed by atoms with Gasteiger partial charge in [-0.3, -0.25) is 19.3 Å². The van der Waals surface area contributed by atoms with Crippen LogP contribution in [0.25, 0.3) is 10.8 Å². The van der Waals surface area contributed by atoms with Crippen LogP contribution in [0.4, 0.5) is 0 Å². The van der Waals surface area contributed by atoms with Crippen LogP contribution in [0.2, 0.25) is 0 Å². The van der Waals surface area contributed by atoms with Crippen LogP contribution in [0.1, 0.15) is 40.5 Å². The van der Waals surface area contributed by atoms with Crippen molar-refractivity contribution in [2.45, 2.75) is 31.3 Å². The monoisotopic (exact) mass is 375 g/mol. The van der Waals surface area contributed by atoms with Crippen LogP contribution in [0.3, 0.4) is 0 Å². The number of aryl methyl sites for hydroxylation is 1. The third-order valence-electron chi connectivity index (χ3n) is 5.44. The minimum atomic E-state index is -0.454. The van der Waals surface area contributed by atoms with E-state index in [1.54, 1.807) is 15.8 Å². The third kappa shape index (κ3) is 2.93. The second-order valence-electron chi connectivity index (χ2n) is 7.62. The van der Waals surface area contributed by atoms with Gasteiger partial charge in [0.1, 0.15) is 5.69 Å². The second kappa shape index (κ2) is 6.44. The molecule has 1 aromatic carbocycles. The lowest BCUT2D eigenvalue weighted by molar-refractivity contribution is -0.123. The van der Waals surface area contributed by atoms with Gasteiger partial charge in [-0.05, 0) is 24.3 Å². The summed E-state index contributed by atoms with van der Waals surface area (Å²) in [6.07, 6.45) is 5.60. The van der Waals surface area contributed by atoms with E-state index in [4.69, 9.17) is 0 Å². The molecule has 0 radical (unpaired) electrons. The number of benzene rings is 1. The lowest BCUT2D eigenvalue weighted by Gasteiger charge is -2.31. The van der Waals surface area contributed by atoms with Gasteiger partial charge >= 0.3 is 0 Å². The summed E-state index contributed by atoms with van der Waals surface area (Å²) in [5, 5.41) is 9.36. The Balaban J connectivity index is 1.49. The average molecular weight is 375 g/mol. The number of aromatic nitrogens is 3. The Morgan fingerprint density at radius 1 is 1.18 bits per heavy atom. The van der Waals surface area contributed by atoms with E-state index < -0.39 is 5.92 Å². The van der Waals surface area contributed by atoms with E-state index >= 15 is 0 Å². The zero-order valence-corrected chi connectivity index (χ0v) is 15.6. The largest absolute Gasteiger partial charge is 0.353 e. The molecule has 7 nitrogen and oxygen atoms in total. The number of fused-ring (bicyclic) bond motifs is 2. The molecule has 1 fully saturated rings. The first-order valence-electron chi connectivity index (χ1n) is 9.56. The van der Waals surface area contributed by atoms with Crippen molar-refractivity contribution in [1.82, 2.24) is 25.0 Å². The molecule has 1 N–H and O–H groups in total. The number of nitrogens with one attached hydrogen (secondary N) is 1. The molecule has 2 amide bonds. The highest BCUT2D eigenvalue weighted by Gasteiger charge is 2.37. The topological polar surface area (TPSA) is 80.1 Å². The fraction of sp³-hybridized carbons (Fsp3) is 0.333. The lowest BCUT2D eigenvalue weighted by Crippen LogP contribution is -2.44. The molecule has 5 rings (SSSR count). The molecule has 1 aliphatic heterocycles. The van der Waals surface area contributed by atoms with Crippen LogP contribution >= 0.6 is 0 Å². The van der Waals surface area contributed by atoms with Crippen LogP contribution in [-0.4, -0.2) is 44.1 Å². The highest BCUT2D eigenvalue weighted by Crippen LogP contribution is 2.30. The van der Waals surface area contributed by atoms with Gasteiger partial charge in [0.25, 0.3) is 5.91 Å². The highest BCUT2D eigenvalue weighted by molar-refractivity contribution is 6.05. The summed E-state index contributed by atoms with van der Waals surface area (Å²) in [5.74, 6) is -0.661. The van der Waals surface area contributed by atoms with Gasteiger partial charge in [-0.25, -0.2) is 0 Å². The summed E-state index contributed by atoms with van der Waals surface area (Å²) in [6, 6.07) is 9.89. The molecule has 0 saturated heterocycles. The minimum absolute atomic E-state index is 0.0502. The minimum Gasteiger partial charge on any atom is -0.353 e. The van der Waals surface area contributed by atoms with E-state index in [1.807, 2.05) is 43.6 Å². The van der Waals surface area contributed by atoms with Gasteiger partial charge in [0.2, 0.25) is 5.91 Å². The van der Waals surface area contributed by atoms with E-state index in [9.17, 15) is 9.59 Å². The molecule has 2 aromatic heterocycles. The van der Waals surface area contributed by atoms with Gasteiger partial charge < -0.3 is 10.2 Å². The van der Waals surface area contributed by atoms with Crippen molar-refractivity contribution in [3.8, 4) is 0 Å². The number of nitrogens with zero attached hydrogens (tertiary/aromatic N) is 4. The Morgan fingerprint density at radius 2 is 2.00 bits per heavy atom. The van der Waals surface area contributed by atoms with Crippen molar-refractivity contribution >= 4 is 22.6 Å². The number of hydrogen-bond donors (Lipinski definition) is 1. The molecule has 0 unspecified atom stereocenters. The molecule has 3 aromatic rings. The number of pyridine rings is 1. The van der Waals surface area contributed by atoms with E-state index in [2.05, 4.69) is 15.4 Å². The van der Waals surface area contributed by atoms with E-state index in [1.165, 1.54) is 0 Å². The predicted molar refractivity (Wildman–Crippen MR) is 104 cm³/mol. The van der Waals surface area contributed by atoms with Crippen molar-refractivity contribution in [3.63, 3.8) is 0 Å². The smallest absolute Gasteiger partial charge is 0.273 e. The summed E-state index contributed by atoms with van der Waals surface area (Å²) >= 11 is 0. The maximum Gasteiger partial charge on any atom is 0.273 e. The number of carbonyl (C=O) groups excluding carboxylic acids is 2. The summed E-state index contributed by atoms with van der Waals surface area (Å²) < 4.78 is 1.71. The zero-order valence-electron chi connectivity index (χ0n) is 15.6. The molecule has 1 atom stereocenters. The standard InChI is InChI=1S/C21H21N5O2/c1-25-10-14-11-26(12-17(18(14)24-25)20(27)23-15-6-7-15)21(28)19-16-5-3-2-4-13(16)8-9-22-19/h2-5,8-10,15,17H,6-7,11-12H2,1H3,(H,23,27)/t17-/m0/s1. The molecular formula is C21H21N5O2. The molecule has 1 saturated carbocycles. The molecule has 0 spiro atoms. The van der Waals surface area contributed by atoms with Gasteiger partial charge in [-0.1, -0.05) is 24.3 Å². The number of hydrogen-bond acceptors (Lipinski definition) is 4. The van der Waals surface area contributed by atoms with Crippen LogP contribution < -0.4 is 5.32 Å². The number of carbonyl (C=O) groups is 2. The first-order chi connectivity index (χ1) is 13.6. The van der Waals surface area contributed by atoms with Crippen molar-refractivity contribution < 1.29 is 9.59 Å². The molecular weight excluding hydrogens is 354 g/mol. The molecule has 0 bridgehead atoms. The van der Waals surface area contributed by atoms with Crippen molar-refractivity contribution in [3.05, 3.63) is 59.7 Å². The molecule has 2 aliphatic rings. The van der Waals surface area contributed by atoms with Crippen LogP contribution in [-0.2, 0) is 18.4 Å². The fourth-order valence-electron chi connectivity index (χ4n) is 3.88. The zero-order chi connectivity index (χ0) is 19.3. The van der Waals surface area contributed by atoms with Gasteiger partial charge in [-0.15, -0.1) is 0 Å². The van der Waals surface area contributed by atoms with Gasteiger partial charge in [0.15, 0.2) is 0 Å². The first-order valence-corrected chi connectivity index (χ1v) is 9.56. The van der Waals surface area contributed by atoms with Gasteiger partial charge in [0, 0.05) is 49.5 Å². The normalized spacial score (nSPS) is 18.8. The maximum absolute atomic E-state index is 13.3. The molecule has 7 heteroatoms. The van der Waals surface area contributed by atoms with Crippen LogP contribution in [0, 0.1) is 0 Å². The summed E-state index contributed by atoms with van der Waals surface area (Å²) in [5.41, 5.74) is 2.11. The van der Waals surface area contributed by atoms with Crippen molar-refractivity contribution in [2.75, 3.05) is 6.54 Å². The Bertz CT molecular complexity index is 1080. The van der Waals surface area contributed by atoms with Crippen molar-refractivity contribution in [1.29, 1.82) is 0 Å². The number of amides is 2. The van der Waals surface area contributed by atoms with E-state index in [-0.39, 0.29) is 17.9 Å². The SMILES string of the molecule is Cn1cc2c(n1)[C@@H](C(=O)NC1CC1)CN(C(=O)c1nccc3ccccc13)C2. The fourth-order valence-corrected chi connectivity index (χ4v) is 3.88. The summed E-state index contributed by atoms with van der Waals surface area (Å²) in [6.45, 7) is 0.742. The Morgan fingerprint density at radius 3 is 2.82 bits per heavy atom. The first kappa shape index (κ1) is 16.9. The average Bonchev–Trinajstić information content (AvgIpc) is 3.43. The van der Waals surface area contributed by atoms with Crippen LogP contribution in [0.15, 0.2) is 42.7 Å². The molecule has 142 valence electrons. The van der Waals surface area contributed by atoms with Crippen LogP contribution in [0.5, 0.6) is 0 Å². The Hall–Kier alpha value is -3.22. The summed E-state index contributed by atoms with van der Waals surface area (Å²) in [4.78, 5) is 32.2. The van der Waals surface area contributed by atoms with Gasteiger partial charge in [0.05, 0.1) is 11.6 Å². The third-order valence-corrected chi connectivity index (χ3v) is 5.44. The van der Waals surface area contributed by atoms with Gasteiger partial charge in [-0.2, -0.15) is 5.10 Å². The Kier molecular flexibility index (Phi) is 3.89. The predicted octanol–water partition coefficient (Wildman–Crippen LogP) is 1.99. The second-order valence-corrected chi connectivity index (χ2v) is 7.62. The maximum atomic E-state index is 13.3. The molecule has 3 heterocycles. The van der Waals surface area contributed by atoms with E-state index in [0.29, 0.717) is 18.8 Å².